The van der Waals surface area contributed by atoms with Crippen LogP contribution in [0.5, 0.6) is 5.75 Å². The van der Waals surface area contributed by atoms with E-state index < -0.39 is 0 Å². The van der Waals surface area contributed by atoms with Gasteiger partial charge in [0.1, 0.15) is 18.9 Å². The van der Waals surface area contributed by atoms with Gasteiger partial charge in [0.25, 0.3) is 0 Å². The minimum Gasteiger partial charge on any atom is -0.491 e. The van der Waals surface area contributed by atoms with Gasteiger partial charge in [0.05, 0.1) is 6.04 Å². The van der Waals surface area contributed by atoms with Gasteiger partial charge < -0.3 is 19.9 Å². The van der Waals surface area contributed by atoms with E-state index in [0.29, 0.717) is 47.1 Å². The summed E-state index contributed by atoms with van der Waals surface area (Å²) < 4.78 is 6.07. The van der Waals surface area contributed by atoms with Crippen LogP contribution >= 0.6 is 34.5 Å². The number of halogens is 2. The molecule has 1 atom stereocenters. The molecule has 1 fully saturated rings. The molecule has 9 heteroatoms. The second-order valence-electron chi connectivity index (χ2n) is 9.18. The normalized spacial score (nSPS) is 16.8. The minimum atomic E-state index is -0.292. The molecule has 0 bridgehead atoms. The van der Waals surface area contributed by atoms with Gasteiger partial charge in [0, 0.05) is 33.7 Å². The van der Waals surface area contributed by atoms with Gasteiger partial charge in [-0.15, -0.1) is 11.3 Å². The fourth-order valence-electron chi connectivity index (χ4n) is 4.43. The zero-order valence-electron chi connectivity index (χ0n) is 19.7. The Labute approximate surface area is 224 Å². The first-order valence-corrected chi connectivity index (χ1v) is 13.7. The Morgan fingerprint density at radius 3 is 2.64 bits per heavy atom. The molecule has 188 valence electrons. The molecule has 0 saturated heterocycles. The molecule has 36 heavy (non-hydrogen) atoms. The second-order valence-corrected chi connectivity index (χ2v) is 11.1. The topological polar surface area (TPSA) is 61.9 Å². The number of rotatable bonds is 8. The van der Waals surface area contributed by atoms with E-state index >= 15 is 0 Å². The lowest BCUT2D eigenvalue weighted by Crippen LogP contribution is -2.49. The molecule has 0 spiro atoms. The molecule has 6 nitrogen and oxygen atoms in total. The highest BCUT2D eigenvalue weighted by Crippen LogP contribution is 2.35. The summed E-state index contributed by atoms with van der Waals surface area (Å²) in [5.41, 5.74) is 1.72. The smallest absolute Gasteiger partial charge is 0.322 e. The van der Waals surface area contributed by atoms with Crippen molar-refractivity contribution >= 4 is 52.2 Å². The molecule has 5 rings (SSSR count). The summed E-state index contributed by atoms with van der Waals surface area (Å²) in [4.78, 5) is 31.5. The molecule has 1 saturated carbocycles. The van der Waals surface area contributed by atoms with E-state index in [1.54, 1.807) is 52.6 Å². The summed E-state index contributed by atoms with van der Waals surface area (Å²) in [5.74, 6) is 1.06. The van der Waals surface area contributed by atoms with Crippen LogP contribution in [0.15, 0.2) is 60.0 Å². The molecule has 2 aliphatic rings. The number of ether oxygens (including phenoxy) is 1. The lowest BCUT2D eigenvalue weighted by molar-refractivity contribution is -0.135. The zero-order chi connectivity index (χ0) is 25.1. The fourth-order valence-corrected chi connectivity index (χ4v) is 5.68. The number of anilines is 1. The summed E-state index contributed by atoms with van der Waals surface area (Å²) in [6, 6.07) is 15.8. The standard InChI is InChI=1S/C27H27Cl2N3O3S/c28-19-6-8-22(9-7-19)35-17-24-23-11-13-36-25(23)10-12-32(24)26(33)16-31(15-18-4-5-18)27(34)30-21-3-1-2-20(29)14-21/h1-3,6-9,11,13-14,18,24H,4-5,10,12,15-17H2,(H,30,34)/t24-/m1/s1. The van der Waals surface area contributed by atoms with E-state index in [4.69, 9.17) is 27.9 Å². The number of thiophene rings is 1. The van der Waals surface area contributed by atoms with Crippen LogP contribution in [-0.2, 0) is 11.2 Å². The molecule has 1 N–H and O–H groups in total. The number of amides is 3. The van der Waals surface area contributed by atoms with Crippen molar-refractivity contribution in [2.75, 3.05) is 31.6 Å². The number of carbonyl (C=O) groups is 2. The minimum absolute atomic E-state index is 0.0137. The Morgan fingerprint density at radius 2 is 1.89 bits per heavy atom. The summed E-state index contributed by atoms with van der Waals surface area (Å²) in [5, 5.41) is 6.14. The van der Waals surface area contributed by atoms with Crippen molar-refractivity contribution in [2.45, 2.75) is 25.3 Å². The predicted octanol–water partition coefficient (Wildman–Crippen LogP) is 6.50. The lowest BCUT2D eigenvalue weighted by atomic mass is 10.0. The maximum absolute atomic E-state index is 13.6. The third kappa shape index (κ3) is 6.14. The number of fused-ring (bicyclic) bond motifs is 1. The van der Waals surface area contributed by atoms with Gasteiger partial charge in [0.2, 0.25) is 5.91 Å². The van der Waals surface area contributed by atoms with Crippen LogP contribution in [0.1, 0.15) is 29.3 Å². The maximum atomic E-state index is 13.6. The molecule has 1 aliphatic heterocycles. The van der Waals surface area contributed by atoms with Crippen molar-refractivity contribution in [1.82, 2.24) is 9.80 Å². The molecule has 3 aromatic rings. The number of benzene rings is 2. The van der Waals surface area contributed by atoms with Crippen molar-refractivity contribution in [3.05, 3.63) is 80.5 Å². The summed E-state index contributed by atoms with van der Waals surface area (Å²) in [7, 11) is 0. The molecule has 0 radical (unpaired) electrons. The first-order valence-electron chi connectivity index (χ1n) is 12.0. The van der Waals surface area contributed by atoms with Gasteiger partial charge in [-0.25, -0.2) is 4.79 Å². The highest BCUT2D eigenvalue weighted by Gasteiger charge is 2.35. The zero-order valence-corrected chi connectivity index (χ0v) is 22.0. The Kier molecular flexibility index (Phi) is 7.70. The van der Waals surface area contributed by atoms with Crippen LogP contribution in [0, 0.1) is 5.92 Å². The fraction of sp³-hybridized carbons (Fsp3) is 0.333. The molecular weight excluding hydrogens is 517 g/mol. The maximum Gasteiger partial charge on any atom is 0.322 e. The Hall–Kier alpha value is -2.74. The van der Waals surface area contributed by atoms with Crippen molar-refractivity contribution in [3.63, 3.8) is 0 Å². The quantitative estimate of drug-likeness (QED) is 0.352. The van der Waals surface area contributed by atoms with Gasteiger partial charge in [-0.3, -0.25) is 4.79 Å². The number of urea groups is 1. The van der Waals surface area contributed by atoms with Gasteiger partial charge in [0.15, 0.2) is 0 Å². The van der Waals surface area contributed by atoms with E-state index in [-0.39, 0.29) is 24.5 Å². The second kappa shape index (κ2) is 11.1. The first-order chi connectivity index (χ1) is 17.5. The average Bonchev–Trinajstić information content (AvgIpc) is 3.55. The molecule has 3 amide bonds. The van der Waals surface area contributed by atoms with Crippen LogP contribution in [0.3, 0.4) is 0 Å². The van der Waals surface area contributed by atoms with Crippen LogP contribution in [0.4, 0.5) is 10.5 Å². The predicted molar refractivity (Wildman–Crippen MR) is 144 cm³/mol. The molecule has 1 aromatic heterocycles. The van der Waals surface area contributed by atoms with E-state index in [9.17, 15) is 9.59 Å². The van der Waals surface area contributed by atoms with Crippen LogP contribution in [0.25, 0.3) is 0 Å². The largest absolute Gasteiger partial charge is 0.491 e. The molecular formula is C27H27Cl2N3O3S. The van der Waals surface area contributed by atoms with Gasteiger partial charge in [-0.05, 0) is 84.7 Å². The van der Waals surface area contributed by atoms with Crippen molar-refractivity contribution in [3.8, 4) is 5.75 Å². The third-order valence-corrected chi connectivity index (χ3v) is 7.99. The Balaban J connectivity index is 1.30. The number of carbonyl (C=O) groups excluding carboxylic acids is 2. The van der Waals surface area contributed by atoms with Gasteiger partial charge in [-0.1, -0.05) is 29.3 Å². The van der Waals surface area contributed by atoms with E-state index in [1.165, 1.54) is 4.88 Å². The monoisotopic (exact) mass is 543 g/mol. The molecule has 2 heterocycles. The van der Waals surface area contributed by atoms with Crippen molar-refractivity contribution in [2.24, 2.45) is 5.92 Å². The van der Waals surface area contributed by atoms with Crippen LogP contribution < -0.4 is 10.1 Å². The molecule has 0 unspecified atom stereocenters. The highest BCUT2D eigenvalue weighted by molar-refractivity contribution is 7.10. The summed E-state index contributed by atoms with van der Waals surface area (Å²) in [6.45, 7) is 1.49. The SMILES string of the molecule is O=C(Nc1cccc(Cl)c1)N(CC(=O)N1CCc2sccc2[C@H]1COc1ccc(Cl)cc1)CC1CC1. The van der Waals surface area contributed by atoms with Crippen LogP contribution in [0.2, 0.25) is 10.0 Å². The van der Waals surface area contributed by atoms with Crippen LogP contribution in [-0.4, -0.2) is 48.0 Å². The number of nitrogens with one attached hydrogen (secondary N) is 1. The van der Waals surface area contributed by atoms with E-state index in [2.05, 4.69) is 16.8 Å². The Bertz CT molecular complexity index is 1230. The molecule has 1 aliphatic carbocycles. The lowest BCUT2D eigenvalue weighted by Gasteiger charge is -2.37. The third-order valence-electron chi connectivity index (χ3n) is 6.50. The highest BCUT2D eigenvalue weighted by atomic mass is 35.5. The number of hydrogen-bond donors (Lipinski definition) is 1. The summed E-state index contributed by atoms with van der Waals surface area (Å²) in [6.07, 6.45) is 2.96. The van der Waals surface area contributed by atoms with Crippen molar-refractivity contribution < 1.29 is 14.3 Å². The first kappa shape index (κ1) is 24.9. The average molecular weight is 545 g/mol. The van der Waals surface area contributed by atoms with Crippen molar-refractivity contribution in [1.29, 1.82) is 0 Å². The van der Waals surface area contributed by atoms with Gasteiger partial charge >= 0.3 is 6.03 Å². The Morgan fingerprint density at radius 1 is 1.08 bits per heavy atom. The van der Waals surface area contributed by atoms with Gasteiger partial charge in [-0.2, -0.15) is 0 Å². The molecule has 2 aromatic carbocycles. The van der Waals surface area contributed by atoms with E-state index in [1.807, 2.05) is 17.0 Å². The number of hydrogen-bond acceptors (Lipinski definition) is 4. The summed E-state index contributed by atoms with van der Waals surface area (Å²) >= 11 is 13.8. The number of nitrogens with zero attached hydrogens (tertiary/aromatic N) is 2. The van der Waals surface area contributed by atoms with E-state index in [0.717, 1.165) is 24.8 Å².